The molecule has 1 aromatic rings. The summed E-state index contributed by atoms with van der Waals surface area (Å²) in [7, 11) is 0. The predicted octanol–water partition coefficient (Wildman–Crippen LogP) is 3.21. The molecule has 0 radical (unpaired) electrons. The lowest BCUT2D eigenvalue weighted by atomic mass is 9.85. The summed E-state index contributed by atoms with van der Waals surface area (Å²) < 4.78 is 11.4. The standard InChI is InChI=1S/C20H30N2O3/c1-15(16-5-3-9-21-13-16)11-20(23)22-17-6-2-7-18(12-17)25-14-19-8-4-10-24-19/h2,6-7,12,15-16,19,21H,3-5,8-11,13-14H2,1H3,(H,22,23). The quantitative estimate of drug-likeness (QED) is 0.796. The molecule has 5 nitrogen and oxygen atoms in total. The van der Waals surface area contributed by atoms with Crippen molar-refractivity contribution >= 4 is 11.6 Å². The Hall–Kier alpha value is -1.59. The van der Waals surface area contributed by atoms with Crippen LogP contribution in [0.5, 0.6) is 5.75 Å². The van der Waals surface area contributed by atoms with E-state index in [1.54, 1.807) is 0 Å². The van der Waals surface area contributed by atoms with Crippen molar-refractivity contribution in [3.8, 4) is 5.75 Å². The van der Waals surface area contributed by atoms with Crippen molar-refractivity contribution in [2.45, 2.75) is 45.1 Å². The van der Waals surface area contributed by atoms with Gasteiger partial charge in [0.15, 0.2) is 0 Å². The van der Waals surface area contributed by atoms with Gasteiger partial charge < -0.3 is 20.1 Å². The number of carbonyl (C=O) groups excluding carboxylic acids is 1. The monoisotopic (exact) mass is 346 g/mol. The minimum absolute atomic E-state index is 0.0781. The van der Waals surface area contributed by atoms with Gasteiger partial charge in [0.25, 0.3) is 0 Å². The van der Waals surface area contributed by atoms with Crippen LogP contribution in [0, 0.1) is 11.8 Å². The average Bonchev–Trinajstić information content (AvgIpc) is 3.14. The van der Waals surface area contributed by atoms with E-state index in [0.717, 1.165) is 44.0 Å². The fraction of sp³-hybridized carbons (Fsp3) is 0.650. The van der Waals surface area contributed by atoms with Crippen LogP contribution in [0.2, 0.25) is 0 Å². The number of amides is 1. The molecule has 0 bridgehead atoms. The van der Waals surface area contributed by atoms with Crippen molar-refractivity contribution in [3.05, 3.63) is 24.3 Å². The van der Waals surface area contributed by atoms with Crippen molar-refractivity contribution < 1.29 is 14.3 Å². The van der Waals surface area contributed by atoms with Gasteiger partial charge in [-0.3, -0.25) is 4.79 Å². The van der Waals surface area contributed by atoms with E-state index in [4.69, 9.17) is 9.47 Å². The van der Waals surface area contributed by atoms with E-state index in [1.807, 2.05) is 24.3 Å². The molecule has 1 amide bonds. The first kappa shape index (κ1) is 18.2. The summed E-state index contributed by atoms with van der Waals surface area (Å²) in [6.07, 6.45) is 5.36. The molecule has 0 aliphatic carbocycles. The molecular weight excluding hydrogens is 316 g/mol. The minimum atomic E-state index is 0.0781. The van der Waals surface area contributed by atoms with Crippen molar-refractivity contribution in [2.75, 3.05) is 31.6 Å². The average molecular weight is 346 g/mol. The number of benzene rings is 1. The van der Waals surface area contributed by atoms with Gasteiger partial charge in [-0.05, 0) is 62.7 Å². The minimum Gasteiger partial charge on any atom is -0.491 e. The van der Waals surface area contributed by atoms with Crippen LogP contribution in [0.4, 0.5) is 5.69 Å². The lowest BCUT2D eigenvalue weighted by Gasteiger charge is -2.28. The molecule has 1 aromatic carbocycles. The van der Waals surface area contributed by atoms with Crippen LogP contribution in [0.25, 0.3) is 0 Å². The molecule has 2 fully saturated rings. The van der Waals surface area contributed by atoms with E-state index in [2.05, 4.69) is 17.6 Å². The Morgan fingerprint density at radius 3 is 3.08 bits per heavy atom. The van der Waals surface area contributed by atoms with Crippen LogP contribution in [0.3, 0.4) is 0 Å². The van der Waals surface area contributed by atoms with Gasteiger partial charge in [0, 0.05) is 24.8 Å². The van der Waals surface area contributed by atoms with E-state index in [1.165, 1.54) is 12.8 Å². The molecule has 2 aliphatic rings. The number of piperidine rings is 1. The van der Waals surface area contributed by atoms with Gasteiger partial charge in [-0.1, -0.05) is 13.0 Å². The maximum absolute atomic E-state index is 12.4. The molecule has 0 aromatic heterocycles. The number of carbonyl (C=O) groups is 1. The van der Waals surface area contributed by atoms with Crippen LogP contribution in [-0.4, -0.2) is 38.3 Å². The Labute approximate surface area is 150 Å². The molecule has 138 valence electrons. The summed E-state index contributed by atoms with van der Waals surface area (Å²) in [5, 5.41) is 6.43. The zero-order chi connectivity index (χ0) is 17.5. The van der Waals surface area contributed by atoms with Gasteiger partial charge >= 0.3 is 0 Å². The normalized spacial score (nSPS) is 24.7. The first-order valence-corrected chi connectivity index (χ1v) is 9.56. The van der Waals surface area contributed by atoms with Crippen molar-refractivity contribution in [2.24, 2.45) is 11.8 Å². The Kier molecular flexibility index (Phi) is 6.70. The summed E-state index contributed by atoms with van der Waals surface area (Å²) in [6.45, 7) is 5.72. The summed E-state index contributed by atoms with van der Waals surface area (Å²) in [5.41, 5.74) is 0.795. The first-order chi connectivity index (χ1) is 12.2. The van der Waals surface area contributed by atoms with E-state index < -0.39 is 0 Å². The van der Waals surface area contributed by atoms with E-state index in [-0.39, 0.29) is 12.0 Å². The van der Waals surface area contributed by atoms with Crippen LogP contribution >= 0.6 is 0 Å². The summed E-state index contributed by atoms with van der Waals surface area (Å²) >= 11 is 0. The summed E-state index contributed by atoms with van der Waals surface area (Å²) in [5.74, 6) is 1.85. The number of ether oxygens (including phenoxy) is 2. The van der Waals surface area contributed by atoms with Crippen LogP contribution in [0.1, 0.15) is 39.0 Å². The lowest BCUT2D eigenvalue weighted by molar-refractivity contribution is -0.117. The smallest absolute Gasteiger partial charge is 0.224 e. The summed E-state index contributed by atoms with van der Waals surface area (Å²) in [4.78, 5) is 12.4. The molecule has 5 heteroatoms. The zero-order valence-corrected chi connectivity index (χ0v) is 15.1. The largest absolute Gasteiger partial charge is 0.491 e. The molecule has 0 spiro atoms. The fourth-order valence-corrected chi connectivity index (χ4v) is 3.66. The van der Waals surface area contributed by atoms with Crippen LogP contribution < -0.4 is 15.4 Å². The van der Waals surface area contributed by atoms with Gasteiger partial charge in [-0.25, -0.2) is 0 Å². The maximum atomic E-state index is 12.4. The Bertz CT molecular complexity index is 552. The van der Waals surface area contributed by atoms with E-state index >= 15 is 0 Å². The topological polar surface area (TPSA) is 59.6 Å². The highest BCUT2D eigenvalue weighted by Gasteiger charge is 2.22. The molecule has 0 saturated carbocycles. The second-order valence-corrected chi connectivity index (χ2v) is 7.31. The molecule has 2 saturated heterocycles. The van der Waals surface area contributed by atoms with E-state index in [0.29, 0.717) is 24.9 Å². The molecule has 2 N–H and O–H groups in total. The molecule has 25 heavy (non-hydrogen) atoms. The van der Waals surface area contributed by atoms with Crippen molar-refractivity contribution in [1.29, 1.82) is 0 Å². The molecule has 2 aliphatic heterocycles. The van der Waals surface area contributed by atoms with Crippen LogP contribution in [0.15, 0.2) is 24.3 Å². The van der Waals surface area contributed by atoms with Gasteiger partial charge in [0.2, 0.25) is 5.91 Å². The Morgan fingerprint density at radius 2 is 2.32 bits per heavy atom. The van der Waals surface area contributed by atoms with Crippen LogP contribution in [-0.2, 0) is 9.53 Å². The maximum Gasteiger partial charge on any atom is 0.224 e. The highest BCUT2D eigenvalue weighted by Crippen LogP contribution is 2.24. The fourth-order valence-electron chi connectivity index (χ4n) is 3.66. The Balaban J connectivity index is 1.46. The third-order valence-corrected chi connectivity index (χ3v) is 5.22. The third-order valence-electron chi connectivity index (χ3n) is 5.22. The van der Waals surface area contributed by atoms with Gasteiger partial charge in [-0.2, -0.15) is 0 Å². The highest BCUT2D eigenvalue weighted by atomic mass is 16.5. The second kappa shape index (κ2) is 9.20. The van der Waals surface area contributed by atoms with Gasteiger partial charge in [-0.15, -0.1) is 0 Å². The third kappa shape index (κ3) is 5.72. The number of hydrogen-bond donors (Lipinski definition) is 2. The Morgan fingerprint density at radius 1 is 1.40 bits per heavy atom. The molecule has 2 heterocycles. The second-order valence-electron chi connectivity index (χ2n) is 7.31. The SMILES string of the molecule is CC(CC(=O)Nc1cccc(OCC2CCCO2)c1)C1CCCNC1. The number of nitrogens with one attached hydrogen (secondary N) is 2. The molecule has 3 atom stereocenters. The van der Waals surface area contributed by atoms with Crippen molar-refractivity contribution in [3.63, 3.8) is 0 Å². The number of rotatable bonds is 7. The molecule has 3 rings (SSSR count). The molecule has 3 unspecified atom stereocenters. The van der Waals surface area contributed by atoms with Gasteiger partial charge in [0.1, 0.15) is 12.4 Å². The predicted molar refractivity (Wildman–Crippen MR) is 98.9 cm³/mol. The number of hydrogen-bond acceptors (Lipinski definition) is 4. The van der Waals surface area contributed by atoms with Gasteiger partial charge in [0.05, 0.1) is 6.10 Å². The highest BCUT2D eigenvalue weighted by molar-refractivity contribution is 5.91. The number of anilines is 1. The van der Waals surface area contributed by atoms with E-state index in [9.17, 15) is 4.79 Å². The van der Waals surface area contributed by atoms with Crippen molar-refractivity contribution in [1.82, 2.24) is 5.32 Å². The first-order valence-electron chi connectivity index (χ1n) is 9.56. The zero-order valence-electron chi connectivity index (χ0n) is 15.1. The summed E-state index contributed by atoms with van der Waals surface area (Å²) in [6, 6.07) is 7.62. The lowest BCUT2D eigenvalue weighted by Crippen LogP contribution is -2.34. The molecular formula is C20H30N2O3.